The van der Waals surface area contributed by atoms with Gasteiger partial charge >= 0.3 is 6.03 Å². The number of imide groups is 2. The summed E-state index contributed by atoms with van der Waals surface area (Å²) < 4.78 is 1.84. The molecule has 3 rings (SSSR count). The Balaban J connectivity index is 2.30. The van der Waals surface area contributed by atoms with E-state index in [4.69, 9.17) is 0 Å². The van der Waals surface area contributed by atoms with E-state index in [0.29, 0.717) is 16.7 Å². The third-order valence-electron chi connectivity index (χ3n) is 4.19. The summed E-state index contributed by atoms with van der Waals surface area (Å²) in [6, 6.07) is 13.6. The molecule has 10 heteroatoms. The number of barbiturate groups is 1. The Kier molecular flexibility index (Phi) is 6.04. The number of rotatable bonds is 5. The second-order valence-electron chi connectivity index (χ2n) is 5.77. The number of hydrogen-bond donors (Lipinski definition) is 0. The van der Waals surface area contributed by atoms with Crippen LogP contribution in [0.2, 0.25) is 0 Å². The average Bonchev–Trinajstić information content (AvgIpc) is 2.72. The summed E-state index contributed by atoms with van der Waals surface area (Å²) in [4.78, 5) is 49.0. The van der Waals surface area contributed by atoms with Crippen molar-refractivity contribution in [3.63, 3.8) is 0 Å². The first-order chi connectivity index (χ1) is 13.9. The number of nitro benzene ring substituents is 1. The molecule has 2 aromatic carbocycles. The summed E-state index contributed by atoms with van der Waals surface area (Å²) in [5, 5.41) is 11.0. The molecule has 1 fully saturated rings. The molecule has 0 aliphatic carbocycles. The Morgan fingerprint density at radius 1 is 0.828 bits per heavy atom. The smallest absolute Gasteiger partial charge is 0.267 e. The number of carbonyl (C=O) groups is 3. The number of non-ortho nitro benzene ring substituents is 1. The fourth-order valence-electron chi connectivity index (χ4n) is 2.90. The van der Waals surface area contributed by atoms with Crippen LogP contribution in [-0.4, -0.2) is 43.9 Å². The third kappa shape index (κ3) is 3.76. The first kappa shape index (κ1) is 20.6. The molecule has 29 heavy (non-hydrogen) atoms. The van der Waals surface area contributed by atoms with Crippen molar-refractivity contribution in [3.8, 4) is 0 Å². The van der Waals surface area contributed by atoms with E-state index in [0.717, 1.165) is 32.5 Å². The van der Waals surface area contributed by atoms with Gasteiger partial charge in [0.1, 0.15) is 5.57 Å². The van der Waals surface area contributed by atoms with Gasteiger partial charge in [0.15, 0.2) is 0 Å². The maximum absolute atomic E-state index is 13.1. The molecule has 148 valence electrons. The van der Waals surface area contributed by atoms with Gasteiger partial charge in [-0.2, -0.15) is 8.61 Å². The van der Waals surface area contributed by atoms with Crippen molar-refractivity contribution in [2.24, 2.45) is 0 Å². The molecule has 0 spiro atoms. The first-order valence-electron chi connectivity index (χ1n) is 8.26. The van der Waals surface area contributed by atoms with E-state index >= 15 is 0 Å². The van der Waals surface area contributed by atoms with Gasteiger partial charge in [-0.15, -0.1) is 0 Å². The van der Waals surface area contributed by atoms with Crippen LogP contribution in [-0.2, 0) is 9.59 Å². The van der Waals surface area contributed by atoms with Gasteiger partial charge in [-0.3, -0.25) is 19.7 Å². The van der Waals surface area contributed by atoms with Gasteiger partial charge in [-0.1, -0.05) is 30.3 Å². The number of hydrogen-bond acceptors (Lipinski definition) is 7. The lowest BCUT2D eigenvalue weighted by atomic mass is 9.91. The Labute approximate surface area is 175 Å². The van der Waals surface area contributed by atoms with Crippen LogP contribution in [0.15, 0.2) is 60.2 Å². The molecular formula is C19H15N3O5S2. The minimum Gasteiger partial charge on any atom is -0.267 e. The number of nitrogens with zero attached hydrogens (tertiary/aromatic N) is 3. The summed E-state index contributed by atoms with van der Waals surface area (Å²) in [5.74, 6) is -1.45. The van der Waals surface area contributed by atoms with E-state index in [1.807, 2.05) is 0 Å². The van der Waals surface area contributed by atoms with Crippen LogP contribution in [0.3, 0.4) is 0 Å². The van der Waals surface area contributed by atoms with Crippen LogP contribution < -0.4 is 0 Å². The SMILES string of the molecule is CSN1C(=O)C(=C(c2ccccc2)c2ccc([N+](=O)[O-])cc2)C(=O)N(SC)C1=O. The molecule has 0 atom stereocenters. The van der Waals surface area contributed by atoms with Gasteiger partial charge in [0.2, 0.25) is 0 Å². The monoisotopic (exact) mass is 429 g/mol. The minimum absolute atomic E-state index is 0.112. The summed E-state index contributed by atoms with van der Waals surface area (Å²) >= 11 is 1.81. The lowest BCUT2D eigenvalue weighted by molar-refractivity contribution is -0.384. The summed E-state index contributed by atoms with van der Waals surface area (Å²) in [6.45, 7) is 0. The lowest BCUT2D eigenvalue weighted by Gasteiger charge is -2.31. The molecule has 1 heterocycles. The van der Waals surface area contributed by atoms with E-state index in [1.54, 1.807) is 42.8 Å². The highest BCUT2D eigenvalue weighted by molar-refractivity contribution is 7.98. The van der Waals surface area contributed by atoms with Gasteiger partial charge in [-0.05, 0) is 47.2 Å². The number of nitro groups is 1. The molecule has 1 saturated heterocycles. The second-order valence-corrected chi connectivity index (χ2v) is 7.23. The molecule has 1 aliphatic heterocycles. The predicted octanol–water partition coefficient (Wildman–Crippen LogP) is 3.74. The molecule has 0 unspecified atom stereocenters. The van der Waals surface area contributed by atoms with Gasteiger partial charge in [0.25, 0.3) is 17.5 Å². The number of benzene rings is 2. The third-order valence-corrected chi connectivity index (χ3v) is 5.56. The van der Waals surface area contributed by atoms with Crippen LogP contribution >= 0.6 is 23.9 Å². The second kappa shape index (κ2) is 8.50. The van der Waals surface area contributed by atoms with E-state index < -0.39 is 22.8 Å². The van der Waals surface area contributed by atoms with Crippen LogP contribution in [0.4, 0.5) is 10.5 Å². The van der Waals surface area contributed by atoms with Crippen LogP contribution in [0.1, 0.15) is 11.1 Å². The lowest BCUT2D eigenvalue weighted by Crippen LogP contribution is -2.50. The van der Waals surface area contributed by atoms with E-state index in [2.05, 4.69) is 0 Å². The minimum atomic E-state index is -0.727. The normalized spacial score (nSPS) is 14.4. The van der Waals surface area contributed by atoms with Crippen molar-refractivity contribution >= 4 is 53.0 Å². The number of urea groups is 1. The standard InChI is InChI=1S/C19H15N3O5S2/c1-28-20-17(23)16(18(24)21(29-2)19(20)25)15(12-6-4-3-5-7-12)13-8-10-14(11-9-13)22(26)27/h3-11H,1-2H3. The Morgan fingerprint density at radius 3 is 1.76 bits per heavy atom. The molecule has 0 radical (unpaired) electrons. The van der Waals surface area contributed by atoms with Crippen molar-refractivity contribution in [3.05, 3.63) is 81.4 Å². The summed E-state index contributed by atoms with van der Waals surface area (Å²) in [6.07, 6.45) is 3.13. The first-order valence-corrected chi connectivity index (χ1v) is 10.6. The Hall–Kier alpha value is -3.11. The van der Waals surface area contributed by atoms with Gasteiger partial charge in [0.05, 0.1) is 4.92 Å². The molecule has 4 amide bonds. The van der Waals surface area contributed by atoms with E-state index in [9.17, 15) is 24.5 Å². The van der Waals surface area contributed by atoms with Gasteiger partial charge < -0.3 is 0 Å². The zero-order valence-corrected chi connectivity index (χ0v) is 17.0. The highest BCUT2D eigenvalue weighted by Crippen LogP contribution is 2.35. The van der Waals surface area contributed by atoms with E-state index in [1.165, 1.54) is 24.3 Å². The van der Waals surface area contributed by atoms with Crippen LogP contribution in [0, 0.1) is 10.1 Å². The molecule has 0 aromatic heterocycles. The zero-order valence-electron chi connectivity index (χ0n) is 15.4. The van der Waals surface area contributed by atoms with Crippen molar-refractivity contribution in [1.82, 2.24) is 8.61 Å². The number of amides is 4. The fourth-order valence-corrected chi connectivity index (χ4v) is 3.94. The predicted molar refractivity (Wildman–Crippen MR) is 112 cm³/mol. The topological polar surface area (TPSA) is 101 Å². The average molecular weight is 429 g/mol. The van der Waals surface area contributed by atoms with Crippen molar-refractivity contribution < 1.29 is 19.3 Å². The van der Waals surface area contributed by atoms with Crippen molar-refractivity contribution in [1.29, 1.82) is 0 Å². The molecule has 0 saturated carbocycles. The fraction of sp³-hybridized carbons (Fsp3) is 0.105. The molecule has 2 aromatic rings. The molecular weight excluding hydrogens is 414 g/mol. The highest BCUT2D eigenvalue weighted by Gasteiger charge is 2.44. The quantitative estimate of drug-likeness (QED) is 0.235. The maximum atomic E-state index is 13.1. The Morgan fingerprint density at radius 2 is 1.31 bits per heavy atom. The zero-order chi connectivity index (χ0) is 21.1. The van der Waals surface area contributed by atoms with Crippen LogP contribution in [0.5, 0.6) is 0 Å². The van der Waals surface area contributed by atoms with Gasteiger partial charge in [-0.25, -0.2) is 4.79 Å². The molecule has 0 bridgehead atoms. The Bertz CT molecular complexity index is 994. The van der Waals surface area contributed by atoms with Gasteiger partial charge in [0, 0.05) is 30.2 Å². The molecule has 8 nitrogen and oxygen atoms in total. The van der Waals surface area contributed by atoms with Crippen LogP contribution in [0.25, 0.3) is 5.57 Å². The molecule has 1 aliphatic rings. The molecule has 0 N–H and O–H groups in total. The summed E-state index contributed by atoms with van der Waals surface area (Å²) in [5.41, 5.74) is 1.05. The number of carbonyl (C=O) groups excluding carboxylic acids is 3. The summed E-state index contributed by atoms with van der Waals surface area (Å²) in [7, 11) is 0. The largest absolute Gasteiger partial charge is 0.354 e. The van der Waals surface area contributed by atoms with Crippen molar-refractivity contribution in [2.75, 3.05) is 12.5 Å². The van der Waals surface area contributed by atoms with E-state index in [-0.39, 0.29) is 11.3 Å². The maximum Gasteiger partial charge on any atom is 0.354 e. The van der Waals surface area contributed by atoms with Crippen molar-refractivity contribution in [2.45, 2.75) is 0 Å². The highest BCUT2D eigenvalue weighted by atomic mass is 32.2.